The number of nitrogens with zero attached hydrogens (tertiary/aromatic N) is 1. The molecule has 10 unspecified atom stereocenters. The molecule has 5 N–H and O–H groups in total. The minimum atomic E-state index is -0.913. The highest BCUT2D eigenvalue weighted by Crippen LogP contribution is 2.47. The number of carboxylic acid groups (broad SMARTS) is 1. The highest BCUT2D eigenvalue weighted by molar-refractivity contribution is 5.87. The molecule has 88 heavy (non-hydrogen) atoms. The van der Waals surface area contributed by atoms with Crippen LogP contribution in [0.3, 0.4) is 0 Å². The van der Waals surface area contributed by atoms with Gasteiger partial charge < -0.3 is 31.3 Å². The summed E-state index contributed by atoms with van der Waals surface area (Å²) in [6.45, 7) is 33.3. The second-order valence-electron chi connectivity index (χ2n) is 32.1. The number of aryl methyl sites for hydroxylation is 2. The maximum absolute atomic E-state index is 12.0. The van der Waals surface area contributed by atoms with E-state index in [1.807, 2.05) is 12.1 Å². The van der Waals surface area contributed by atoms with Crippen molar-refractivity contribution >= 4 is 17.3 Å². The summed E-state index contributed by atoms with van der Waals surface area (Å²) >= 11 is 0. The molecule has 0 aliphatic carbocycles. The number of anilines is 2. The summed E-state index contributed by atoms with van der Waals surface area (Å²) in [7, 11) is 0. The highest BCUT2D eigenvalue weighted by Gasteiger charge is 2.50. The molecule has 0 spiro atoms. The van der Waals surface area contributed by atoms with Crippen molar-refractivity contribution in [3.8, 4) is 11.8 Å². The topological polar surface area (TPSA) is 88.7 Å². The molecule has 8 bridgehead atoms. The van der Waals surface area contributed by atoms with Crippen LogP contribution in [-0.4, -0.2) is 65.5 Å². The van der Waals surface area contributed by atoms with E-state index >= 15 is 0 Å². The Hall–Kier alpha value is -5.23. The van der Waals surface area contributed by atoms with Gasteiger partial charge in [-0.05, 0) is 192 Å². The summed E-state index contributed by atoms with van der Waals surface area (Å²) in [5, 5.41) is 28.1. The zero-order chi connectivity index (χ0) is 62.7. The summed E-state index contributed by atoms with van der Waals surface area (Å²) < 4.78 is 0. The van der Waals surface area contributed by atoms with E-state index in [1.54, 1.807) is 12.1 Å². The quantitative estimate of drug-likeness (QED) is 0.0497. The lowest BCUT2D eigenvalue weighted by atomic mass is 9.75. The molecule has 474 valence electrons. The van der Waals surface area contributed by atoms with Crippen LogP contribution < -0.4 is 26.2 Å². The molecule has 0 aromatic heterocycles. The number of hydrogen-bond acceptors (Lipinski definition) is 6. The number of aromatic carboxylic acids is 1. The molecule has 10 atom stereocenters. The van der Waals surface area contributed by atoms with Gasteiger partial charge in [0.05, 0.1) is 17.5 Å². The average Bonchev–Trinajstić information content (AvgIpc) is 1.65. The van der Waals surface area contributed by atoms with Gasteiger partial charge in [0, 0.05) is 77.1 Å². The summed E-state index contributed by atoms with van der Waals surface area (Å²) in [4.78, 5) is 14.8. The third-order valence-electron chi connectivity index (χ3n) is 21.3. The highest BCUT2D eigenvalue weighted by atomic mass is 16.4. The van der Waals surface area contributed by atoms with Crippen molar-refractivity contribution in [3.05, 3.63) is 165 Å². The van der Waals surface area contributed by atoms with E-state index in [1.165, 1.54) is 107 Å². The van der Waals surface area contributed by atoms with Crippen LogP contribution in [0.25, 0.3) is 0 Å². The smallest absolute Gasteiger partial charge is 0.335 e. The predicted octanol–water partition coefficient (Wildman–Crippen LogP) is 18.1. The molecule has 5 saturated heterocycles. The van der Waals surface area contributed by atoms with E-state index in [0.29, 0.717) is 0 Å². The first-order valence-corrected chi connectivity index (χ1v) is 35.0. The third kappa shape index (κ3) is 15.6. The molecule has 10 rings (SSSR count). The lowest BCUT2D eigenvalue weighted by Gasteiger charge is -2.43. The molecule has 5 heterocycles. The fraction of sp³-hybridized carbons (Fsp3) is 0.593. The first kappa shape index (κ1) is 65.7. The van der Waals surface area contributed by atoms with Gasteiger partial charge in [-0.2, -0.15) is 0 Å². The summed E-state index contributed by atoms with van der Waals surface area (Å²) in [6, 6.07) is 44.2. The van der Waals surface area contributed by atoms with Crippen LogP contribution in [0, 0.1) is 17.8 Å². The van der Waals surface area contributed by atoms with Gasteiger partial charge in [0.1, 0.15) is 0 Å². The monoisotopic (exact) mass is 1190 g/mol. The normalized spacial score (nSPS) is 26.7. The minimum absolute atomic E-state index is 0.0216. The van der Waals surface area contributed by atoms with Crippen LogP contribution in [0.4, 0.5) is 11.4 Å². The summed E-state index contributed by atoms with van der Waals surface area (Å²) in [6.07, 6.45) is 21.0. The maximum atomic E-state index is 12.0. The number of unbranched alkanes of at least 4 members (excludes halogenated alkanes) is 6. The van der Waals surface area contributed by atoms with Crippen molar-refractivity contribution in [1.82, 2.24) is 21.3 Å². The van der Waals surface area contributed by atoms with Gasteiger partial charge in [0.25, 0.3) is 0 Å². The van der Waals surface area contributed by atoms with E-state index < -0.39 is 5.97 Å². The standard InChI is InChI=1S/C81H113N5O2/c1-15-17-19-21-23-53-27-34-63(35-28-53)86(64-36-29-54(30-37-64)24-22-20-18-16-2)76-72-45-43-70(84-72)74(57-47-59(78(3,4)5)51-60(48-57)79(6,7)8)68-41-39-66(82-68)65(38-31-55-25-32-56(33-26-55)77(87)88)67-40-42-69(83-67)75(71-44-46-73(76)85-71)58-49-61(80(9,10)11)52-62(50-58)81(12,13)14/h25-30,32-37,47-52,65-76,82-85H,15-24,39-46H2,1-14H3,(H,87,88). The number of benzene rings is 5. The largest absolute Gasteiger partial charge is 0.478 e. The average molecular weight is 1190 g/mol. The number of rotatable bonds is 16. The van der Waals surface area contributed by atoms with Crippen LogP contribution in [0.2, 0.25) is 0 Å². The van der Waals surface area contributed by atoms with Gasteiger partial charge in [-0.3, -0.25) is 0 Å². The molecule has 0 amide bonds. The van der Waals surface area contributed by atoms with Crippen LogP contribution in [-0.2, 0) is 34.5 Å². The Morgan fingerprint density at radius 1 is 0.443 bits per heavy atom. The lowest BCUT2D eigenvalue weighted by molar-refractivity contribution is 0.0696. The fourth-order valence-corrected chi connectivity index (χ4v) is 16.0. The fourth-order valence-electron chi connectivity index (χ4n) is 16.0. The molecular weight excluding hydrogens is 1070 g/mol. The number of fused-ring (bicyclic) bond motifs is 8. The van der Waals surface area contributed by atoms with Crippen molar-refractivity contribution < 1.29 is 9.90 Å². The molecule has 7 heteroatoms. The molecule has 5 aromatic rings. The zero-order valence-corrected chi connectivity index (χ0v) is 56.9. The molecule has 5 fully saturated rings. The van der Waals surface area contributed by atoms with Crippen LogP contribution >= 0.6 is 0 Å². The Morgan fingerprint density at radius 3 is 1.12 bits per heavy atom. The van der Waals surface area contributed by atoms with Crippen molar-refractivity contribution in [2.45, 2.75) is 300 Å². The first-order chi connectivity index (χ1) is 41.9. The van der Waals surface area contributed by atoms with Gasteiger partial charge >= 0.3 is 5.97 Å². The first-order valence-electron chi connectivity index (χ1n) is 35.0. The van der Waals surface area contributed by atoms with Crippen molar-refractivity contribution in [2.24, 2.45) is 5.92 Å². The molecular formula is C81H113N5O2. The summed E-state index contributed by atoms with van der Waals surface area (Å²) in [5.41, 5.74) is 15.1. The van der Waals surface area contributed by atoms with E-state index in [9.17, 15) is 9.90 Å². The minimum Gasteiger partial charge on any atom is -0.478 e. The van der Waals surface area contributed by atoms with Gasteiger partial charge in [-0.25, -0.2) is 4.79 Å². The maximum Gasteiger partial charge on any atom is 0.335 e. The molecule has 5 aliphatic heterocycles. The number of hydrogen-bond donors (Lipinski definition) is 5. The number of carbonyl (C=O) groups is 1. The predicted molar refractivity (Wildman–Crippen MR) is 371 cm³/mol. The van der Waals surface area contributed by atoms with Crippen molar-refractivity contribution in [3.63, 3.8) is 0 Å². The van der Waals surface area contributed by atoms with Gasteiger partial charge in [-0.1, -0.05) is 208 Å². The molecule has 5 aromatic carbocycles. The van der Waals surface area contributed by atoms with E-state index in [0.717, 1.165) is 69.8 Å². The molecule has 0 radical (unpaired) electrons. The molecule has 7 nitrogen and oxygen atoms in total. The van der Waals surface area contributed by atoms with Gasteiger partial charge in [0.15, 0.2) is 0 Å². The number of nitrogens with one attached hydrogen (secondary N) is 4. The Balaban J connectivity index is 1.14. The lowest BCUT2D eigenvalue weighted by Crippen LogP contribution is -2.59. The van der Waals surface area contributed by atoms with Gasteiger partial charge in [-0.15, -0.1) is 0 Å². The molecule has 0 saturated carbocycles. The van der Waals surface area contributed by atoms with Crippen molar-refractivity contribution in [2.75, 3.05) is 4.90 Å². The second-order valence-corrected chi connectivity index (χ2v) is 32.1. The third-order valence-corrected chi connectivity index (χ3v) is 21.3. The number of carboxylic acids is 1. The van der Waals surface area contributed by atoms with E-state index in [4.69, 9.17) is 0 Å². The van der Waals surface area contributed by atoms with Crippen LogP contribution in [0.15, 0.2) is 109 Å². The summed E-state index contributed by atoms with van der Waals surface area (Å²) in [5.74, 6) is 7.19. The Kier molecular flexibility index (Phi) is 20.7. The SMILES string of the molecule is CCCCCCc1ccc(N(c2ccc(CCCCCC)cc2)C2C3CCC(N3)C(c3cc(C(C)(C)C)cc(C(C)(C)C)c3)C3CCC(N3)C(C#Cc3ccc(C(=O)O)cc3)C3CCC(N3)C(c3cc(C(C)(C)C)cc(C(C)(C)C)c3)C3CCC2N3)cc1. The Labute approximate surface area is 533 Å². The zero-order valence-electron chi connectivity index (χ0n) is 56.9. The van der Waals surface area contributed by atoms with E-state index in [2.05, 4.69) is 220 Å². The van der Waals surface area contributed by atoms with Gasteiger partial charge in [0.2, 0.25) is 0 Å². The van der Waals surface area contributed by atoms with Crippen LogP contribution in [0.5, 0.6) is 0 Å². The second kappa shape index (κ2) is 27.7. The van der Waals surface area contributed by atoms with Crippen LogP contribution in [0.1, 0.15) is 272 Å². The van der Waals surface area contributed by atoms with E-state index in [-0.39, 0.29) is 99.4 Å². The Morgan fingerprint density at radius 2 is 0.784 bits per heavy atom. The van der Waals surface area contributed by atoms with Crippen molar-refractivity contribution in [1.29, 1.82) is 0 Å². The Bertz CT molecular complexity index is 2940. The molecule has 5 aliphatic rings.